The van der Waals surface area contributed by atoms with Gasteiger partial charge >= 0.3 is 5.97 Å². The number of hydrogen-bond donors (Lipinski definition) is 0. The fourth-order valence-electron chi connectivity index (χ4n) is 1.62. The van der Waals surface area contributed by atoms with Crippen molar-refractivity contribution >= 4 is 11.7 Å². The number of ether oxygens (including phenoxy) is 1. The quantitative estimate of drug-likeness (QED) is 0.459. The van der Waals surface area contributed by atoms with E-state index in [1.807, 2.05) is 20.8 Å². The number of nitrogens with zero attached hydrogens (tertiary/aromatic N) is 1. The van der Waals surface area contributed by atoms with Gasteiger partial charge in [-0.25, -0.2) is 9.37 Å². The van der Waals surface area contributed by atoms with Crippen LogP contribution in [0.25, 0.3) is 0 Å². The fourth-order valence-corrected chi connectivity index (χ4v) is 1.62. The van der Waals surface area contributed by atoms with Crippen LogP contribution in [0.2, 0.25) is 0 Å². The van der Waals surface area contributed by atoms with Crippen LogP contribution in [0.3, 0.4) is 0 Å². The molecule has 0 aromatic heterocycles. The van der Waals surface area contributed by atoms with Gasteiger partial charge in [0.25, 0.3) is 0 Å². The minimum absolute atomic E-state index is 0. The molecule has 0 aromatic rings. The molecule has 1 rings (SSSR count). The second-order valence-electron chi connectivity index (χ2n) is 4.85. The van der Waals surface area contributed by atoms with E-state index in [1.165, 1.54) is 5.71 Å². The molecule has 0 spiro atoms. The molecule has 0 radical (unpaired) electrons. The van der Waals surface area contributed by atoms with E-state index in [0.717, 1.165) is 19.4 Å². The number of halogens is 1. The minimum atomic E-state index is -0.370. The zero-order valence-corrected chi connectivity index (χ0v) is 11.6. The summed E-state index contributed by atoms with van der Waals surface area (Å²) in [7, 11) is 0. The van der Waals surface area contributed by atoms with E-state index in [1.54, 1.807) is 0 Å². The molecule has 0 aromatic carbocycles. The highest BCUT2D eigenvalue weighted by Gasteiger charge is 2.24. The third kappa shape index (κ3) is 5.30. The summed E-state index contributed by atoms with van der Waals surface area (Å²) < 4.78 is 7.36. The molecule has 0 atom stereocenters. The van der Waals surface area contributed by atoms with Crippen molar-refractivity contribution < 1.29 is 31.1 Å². The van der Waals surface area contributed by atoms with Crippen molar-refractivity contribution in [3.63, 3.8) is 0 Å². The third-order valence-electron chi connectivity index (χ3n) is 2.25. The Morgan fingerprint density at radius 3 is 2.47 bits per heavy atom. The highest BCUT2D eigenvalue weighted by Crippen LogP contribution is 2.08. The summed E-state index contributed by atoms with van der Waals surface area (Å²) in [6.07, 6.45) is 2.28. The lowest BCUT2D eigenvalue weighted by molar-refractivity contribution is -0.511. The van der Waals surface area contributed by atoms with Gasteiger partial charge in [-0.1, -0.05) is 0 Å². The van der Waals surface area contributed by atoms with Gasteiger partial charge in [-0.2, -0.15) is 0 Å². The van der Waals surface area contributed by atoms with Gasteiger partial charge in [0, 0.05) is 19.8 Å². The Bertz CT molecular complexity index is 266. The van der Waals surface area contributed by atoms with Crippen LogP contribution >= 0.6 is 0 Å². The smallest absolute Gasteiger partial charge is 0.372 e. The molecule has 1 aliphatic heterocycles. The second kappa shape index (κ2) is 5.64. The Morgan fingerprint density at radius 1 is 1.47 bits per heavy atom. The molecule has 15 heavy (non-hydrogen) atoms. The van der Waals surface area contributed by atoms with Gasteiger partial charge < -0.3 is 21.7 Å². The highest BCUT2D eigenvalue weighted by atomic mass is 79.9. The van der Waals surface area contributed by atoms with Crippen LogP contribution in [0.5, 0.6) is 0 Å². The van der Waals surface area contributed by atoms with Gasteiger partial charge in [0.05, 0.1) is 0 Å². The third-order valence-corrected chi connectivity index (χ3v) is 2.25. The Morgan fingerprint density at radius 2 is 2.07 bits per heavy atom. The van der Waals surface area contributed by atoms with E-state index in [4.69, 9.17) is 4.74 Å². The topological polar surface area (TPSA) is 29.3 Å². The van der Waals surface area contributed by atoms with Crippen molar-refractivity contribution in [3.05, 3.63) is 0 Å². The first-order valence-electron chi connectivity index (χ1n) is 5.18. The average molecular weight is 278 g/mol. The number of hydrogen-bond acceptors (Lipinski definition) is 2. The van der Waals surface area contributed by atoms with Gasteiger partial charge in [-0.3, -0.25) is 0 Å². The Hall–Kier alpha value is -0.380. The lowest BCUT2D eigenvalue weighted by Gasteiger charge is -2.18. The first kappa shape index (κ1) is 14.6. The van der Waals surface area contributed by atoms with Gasteiger partial charge in [0.1, 0.15) is 17.9 Å². The van der Waals surface area contributed by atoms with Gasteiger partial charge in [-0.15, -0.1) is 0 Å². The summed E-state index contributed by atoms with van der Waals surface area (Å²) in [4.78, 5) is 11.5. The summed E-state index contributed by atoms with van der Waals surface area (Å²) in [5.74, 6) is -0.126. The maximum absolute atomic E-state index is 11.5. The number of carbonyl (C=O) groups excluding carboxylic acids is 1. The van der Waals surface area contributed by atoms with Gasteiger partial charge in [0.15, 0.2) is 0 Å². The van der Waals surface area contributed by atoms with Crippen LogP contribution < -0.4 is 17.0 Å². The zero-order chi connectivity index (χ0) is 10.8. The highest BCUT2D eigenvalue weighted by molar-refractivity contribution is 5.79. The van der Waals surface area contributed by atoms with Crippen LogP contribution in [-0.4, -0.2) is 34.9 Å². The largest absolute Gasteiger partial charge is 1.00 e. The van der Waals surface area contributed by atoms with E-state index in [9.17, 15) is 4.79 Å². The van der Waals surface area contributed by atoms with Crippen LogP contribution in [-0.2, 0) is 9.53 Å². The van der Waals surface area contributed by atoms with Crippen LogP contribution in [0.1, 0.15) is 40.5 Å². The molecule has 0 saturated heterocycles. The summed E-state index contributed by atoms with van der Waals surface area (Å²) in [5.41, 5.74) is 0.931. The number of esters is 1. The summed E-state index contributed by atoms with van der Waals surface area (Å²) in [5, 5.41) is 0. The lowest BCUT2D eigenvalue weighted by Crippen LogP contribution is -3.00. The van der Waals surface area contributed by atoms with Crippen molar-refractivity contribution in [2.24, 2.45) is 0 Å². The van der Waals surface area contributed by atoms with E-state index in [2.05, 4.69) is 11.5 Å². The van der Waals surface area contributed by atoms with E-state index < -0.39 is 0 Å². The average Bonchev–Trinajstić information content (AvgIpc) is 2.32. The van der Waals surface area contributed by atoms with Crippen molar-refractivity contribution in [1.82, 2.24) is 0 Å². The predicted molar refractivity (Wildman–Crippen MR) is 55.8 cm³/mol. The first-order chi connectivity index (χ1) is 6.38. The summed E-state index contributed by atoms with van der Waals surface area (Å²) >= 11 is 0. The maximum atomic E-state index is 11.5. The summed E-state index contributed by atoms with van der Waals surface area (Å²) in [6, 6.07) is 0. The SMILES string of the molecule is CC1=[N+](CC(=O)OC(C)(C)C)CCC1.[Br-]. The Labute approximate surface area is 102 Å². The standard InChI is InChI=1S/C11H20NO2.BrH/c1-9-6-5-7-12(9)8-10(13)14-11(2,3)4;/h5-8H2,1-4H3;1H/q+1;/p-1. The molecule has 0 bridgehead atoms. The first-order valence-corrected chi connectivity index (χ1v) is 5.18. The molecule has 1 heterocycles. The Balaban J connectivity index is 0.00000196. The molecule has 3 nitrogen and oxygen atoms in total. The lowest BCUT2D eigenvalue weighted by atomic mass is 10.2. The van der Waals surface area contributed by atoms with Crippen LogP contribution in [0.4, 0.5) is 0 Å². The van der Waals surface area contributed by atoms with Crippen molar-refractivity contribution in [1.29, 1.82) is 0 Å². The molecule has 0 N–H and O–H groups in total. The fraction of sp³-hybridized carbons (Fsp3) is 0.818. The number of rotatable bonds is 2. The minimum Gasteiger partial charge on any atom is -1.00 e. The van der Waals surface area contributed by atoms with Gasteiger partial charge in [0.2, 0.25) is 6.54 Å². The van der Waals surface area contributed by atoms with Crippen LogP contribution in [0, 0.1) is 0 Å². The van der Waals surface area contributed by atoms with Gasteiger partial charge in [-0.05, 0) is 20.8 Å². The second-order valence-corrected chi connectivity index (χ2v) is 4.85. The molecule has 4 heteroatoms. The normalized spacial score (nSPS) is 16.3. The molecule has 0 aliphatic carbocycles. The van der Waals surface area contributed by atoms with E-state index in [0.29, 0.717) is 6.54 Å². The molecule has 0 amide bonds. The molecule has 88 valence electrons. The number of carbonyl (C=O) groups is 1. The predicted octanol–water partition coefficient (Wildman–Crippen LogP) is -1.40. The van der Waals surface area contributed by atoms with Crippen molar-refractivity contribution in [2.45, 2.75) is 46.1 Å². The monoisotopic (exact) mass is 277 g/mol. The Kier molecular flexibility index (Phi) is 5.49. The zero-order valence-electron chi connectivity index (χ0n) is 9.97. The molecular weight excluding hydrogens is 258 g/mol. The van der Waals surface area contributed by atoms with Crippen molar-refractivity contribution in [3.8, 4) is 0 Å². The van der Waals surface area contributed by atoms with Crippen LogP contribution in [0.15, 0.2) is 0 Å². The molecular formula is C11H20BrNO2. The van der Waals surface area contributed by atoms with E-state index in [-0.39, 0.29) is 28.6 Å². The molecule has 0 unspecified atom stereocenters. The summed E-state index contributed by atoms with van der Waals surface area (Å²) in [6.45, 7) is 9.16. The maximum Gasteiger partial charge on any atom is 0.372 e. The van der Waals surface area contributed by atoms with Crippen molar-refractivity contribution in [2.75, 3.05) is 13.1 Å². The van der Waals surface area contributed by atoms with E-state index >= 15 is 0 Å². The molecule has 0 saturated carbocycles. The molecule has 1 aliphatic rings. The molecule has 0 fully saturated rings.